The Morgan fingerprint density at radius 2 is 1.94 bits per heavy atom. The molecule has 2 rings (SSSR count). The Morgan fingerprint density at radius 1 is 1.31 bits per heavy atom. The van der Waals surface area contributed by atoms with Gasteiger partial charge in [0.1, 0.15) is 11.6 Å². The zero-order valence-corrected chi connectivity index (χ0v) is 9.96. The van der Waals surface area contributed by atoms with Gasteiger partial charge in [-0.15, -0.1) is 0 Å². The van der Waals surface area contributed by atoms with E-state index in [1.807, 2.05) is 0 Å². The minimum absolute atomic E-state index is 0.0179. The number of hydrogen-bond donors (Lipinski definition) is 1. The molecule has 1 fully saturated rings. The van der Waals surface area contributed by atoms with Gasteiger partial charge in [-0.1, -0.05) is 0 Å². The van der Waals surface area contributed by atoms with E-state index in [0.717, 1.165) is 12.8 Å². The van der Waals surface area contributed by atoms with Crippen molar-refractivity contribution in [1.29, 1.82) is 0 Å². The summed E-state index contributed by atoms with van der Waals surface area (Å²) in [6.07, 6.45) is 2.16. The fraction of sp³-hybridized carbons (Fsp3) is 0.455. The van der Waals surface area contributed by atoms with Crippen molar-refractivity contribution in [1.82, 2.24) is 5.32 Å². The number of ether oxygens (including phenoxy) is 1. The molecule has 5 heteroatoms. The first-order valence-corrected chi connectivity index (χ1v) is 6.87. The second-order valence-electron chi connectivity index (χ2n) is 3.91. The quantitative estimate of drug-likeness (QED) is 0.841. The van der Waals surface area contributed by atoms with Crippen LogP contribution in [-0.2, 0) is 9.84 Å². The van der Waals surface area contributed by atoms with Crippen LogP contribution in [0.4, 0.5) is 0 Å². The lowest BCUT2D eigenvalue weighted by Gasteiger charge is -2.06. The van der Waals surface area contributed by atoms with Gasteiger partial charge in [0.2, 0.25) is 0 Å². The molecule has 16 heavy (non-hydrogen) atoms. The van der Waals surface area contributed by atoms with Gasteiger partial charge in [-0.05, 0) is 37.1 Å². The van der Waals surface area contributed by atoms with E-state index in [2.05, 4.69) is 5.32 Å². The molecule has 0 bridgehead atoms. The molecule has 0 aliphatic heterocycles. The van der Waals surface area contributed by atoms with Crippen LogP contribution in [0, 0.1) is 0 Å². The molecule has 0 spiro atoms. The van der Waals surface area contributed by atoms with E-state index in [-0.39, 0.29) is 5.88 Å². The predicted octanol–water partition coefficient (Wildman–Crippen LogP) is 1.18. The molecule has 0 amide bonds. The van der Waals surface area contributed by atoms with Crippen LogP contribution < -0.4 is 10.1 Å². The molecule has 0 heterocycles. The first kappa shape index (κ1) is 11.4. The SMILES string of the molecule is COc1ccc(S(=O)(=O)CNC2CC2)cc1. The Hall–Kier alpha value is -1.07. The van der Waals surface area contributed by atoms with Gasteiger partial charge in [0, 0.05) is 6.04 Å². The fourth-order valence-electron chi connectivity index (χ4n) is 1.38. The van der Waals surface area contributed by atoms with Crippen LogP contribution in [0.1, 0.15) is 12.8 Å². The van der Waals surface area contributed by atoms with E-state index in [1.54, 1.807) is 31.4 Å². The maximum absolute atomic E-state index is 11.9. The monoisotopic (exact) mass is 241 g/mol. The number of nitrogens with one attached hydrogen (secondary N) is 1. The summed E-state index contributed by atoms with van der Waals surface area (Å²) in [5.41, 5.74) is 0. The van der Waals surface area contributed by atoms with Gasteiger partial charge >= 0.3 is 0 Å². The predicted molar refractivity (Wildman–Crippen MR) is 61.2 cm³/mol. The second-order valence-corrected chi connectivity index (χ2v) is 5.90. The van der Waals surface area contributed by atoms with Gasteiger partial charge in [-0.3, -0.25) is 0 Å². The Bertz CT molecular complexity index is 449. The Morgan fingerprint density at radius 3 is 2.44 bits per heavy atom. The summed E-state index contributed by atoms with van der Waals surface area (Å²) in [5.74, 6) is 0.679. The van der Waals surface area contributed by atoms with Crippen molar-refractivity contribution in [2.75, 3.05) is 13.0 Å². The summed E-state index contributed by atoms with van der Waals surface area (Å²) in [5, 5.41) is 3.00. The highest BCUT2D eigenvalue weighted by Gasteiger charge is 2.23. The molecule has 4 nitrogen and oxygen atoms in total. The van der Waals surface area contributed by atoms with Crippen molar-refractivity contribution < 1.29 is 13.2 Å². The summed E-state index contributed by atoms with van der Waals surface area (Å²) >= 11 is 0. The molecule has 1 N–H and O–H groups in total. The molecule has 0 aromatic heterocycles. The van der Waals surface area contributed by atoms with E-state index in [1.165, 1.54) is 0 Å². The summed E-state index contributed by atoms with van der Waals surface area (Å²) in [4.78, 5) is 0.335. The summed E-state index contributed by atoms with van der Waals surface area (Å²) < 4.78 is 28.7. The molecule has 0 atom stereocenters. The molecule has 1 aliphatic carbocycles. The van der Waals surface area contributed by atoms with Crippen LogP contribution in [0.25, 0.3) is 0 Å². The van der Waals surface area contributed by atoms with E-state index >= 15 is 0 Å². The smallest absolute Gasteiger partial charge is 0.191 e. The molecule has 1 aromatic carbocycles. The largest absolute Gasteiger partial charge is 0.497 e. The van der Waals surface area contributed by atoms with Crippen LogP contribution in [-0.4, -0.2) is 27.4 Å². The van der Waals surface area contributed by atoms with Crippen LogP contribution in [0.5, 0.6) is 5.75 Å². The van der Waals surface area contributed by atoms with Crippen molar-refractivity contribution in [3.8, 4) is 5.75 Å². The van der Waals surface area contributed by atoms with Crippen molar-refractivity contribution in [2.45, 2.75) is 23.8 Å². The van der Waals surface area contributed by atoms with Crippen LogP contribution in [0.15, 0.2) is 29.2 Å². The van der Waals surface area contributed by atoms with Crippen LogP contribution >= 0.6 is 0 Å². The maximum Gasteiger partial charge on any atom is 0.191 e. The summed E-state index contributed by atoms with van der Waals surface area (Å²) in [6, 6.07) is 6.85. The first-order valence-electron chi connectivity index (χ1n) is 5.22. The Labute approximate surface area is 95.5 Å². The average Bonchev–Trinajstić information content (AvgIpc) is 3.10. The van der Waals surface area contributed by atoms with E-state index < -0.39 is 9.84 Å². The number of sulfone groups is 1. The number of methoxy groups -OCH3 is 1. The van der Waals surface area contributed by atoms with Gasteiger partial charge in [0.25, 0.3) is 0 Å². The zero-order chi connectivity index (χ0) is 11.6. The first-order chi connectivity index (χ1) is 7.62. The molecule has 88 valence electrons. The minimum Gasteiger partial charge on any atom is -0.497 e. The van der Waals surface area contributed by atoms with Gasteiger partial charge in [-0.25, -0.2) is 8.42 Å². The van der Waals surface area contributed by atoms with Crippen molar-refractivity contribution >= 4 is 9.84 Å². The highest BCUT2D eigenvalue weighted by Crippen LogP contribution is 2.20. The lowest BCUT2D eigenvalue weighted by molar-refractivity contribution is 0.414. The number of rotatable bonds is 5. The highest BCUT2D eigenvalue weighted by molar-refractivity contribution is 7.91. The topological polar surface area (TPSA) is 55.4 Å². The lowest BCUT2D eigenvalue weighted by atomic mass is 10.3. The van der Waals surface area contributed by atoms with E-state index in [0.29, 0.717) is 16.7 Å². The van der Waals surface area contributed by atoms with Crippen molar-refractivity contribution in [3.63, 3.8) is 0 Å². The Kier molecular flexibility index (Phi) is 3.16. The third-order valence-corrected chi connectivity index (χ3v) is 4.10. The lowest BCUT2D eigenvalue weighted by Crippen LogP contribution is -2.25. The summed E-state index contributed by atoms with van der Waals surface area (Å²) in [6.45, 7) is 0. The van der Waals surface area contributed by atoms with E-state index in [9.17, 15) is 8.42 Å². The number of benzene rings is 1. The van der Waals surface area contributed by atoms with Gasteiger partial charge < -0.3 is 10.1 Å². The van der Waals surface area contributed by atoms with Gasteiger partial charge in [-0.2, -0.15) is 0 Å². The molecular formula is C11H15NO3S. The molecule has 1 aliphatic rings. The molecule has 0 unspecified atom stereocenters. The van der Waals surface area contributed by atoms with Crippen LogP contribution in [0.2, 0.25) is 0 Å². The Balaban J connectivity index is 2.07. The molecule has 0 radical (unpaired) electrons. The van der Waals surface area contributed by atoms with Gasteiger partial charge in [0.15, 0.2) is 9.84 Å². The third-order valence-electron chi connectivity index (χ3n) is 2.56. The van der Waals surface area contributed by atoms with Crippen molar-refractivity contribution in [3.05, 3.63) is 24.3 Å². The standard InChI is InChI=1S/C11H15NO3S/c1-15-10-4-6-11(7-5-10)16(13,14)8-12-9-2-3-9/h4-7,9,12H,2-3,8H2,1H3. The molecule has 1 aromatic rings. The molecule has 1 saturated carbocycles. The van der Waals surface area contributed by atoms with Gasteiger partial charge in [0.05, 0.1) is 12.0 Å². The third kappa shape index (κ3) is 2.74. The normalized spacial score (nSPS) is 16.1. The maximum atomic E-state index is 11.9. The summed E-state index contributed by atoms with van der Waals surface area (Å²) in [7, 11) is -1.65. The zero-order valence-electron chi connectivity index (χ0n) is 9.14. The second kappa shape index (κ2) is 4.43. The number of hydrogen-bond acceptors (Lipinski definition) is 4. The van der Waals surface area contributed by atoms with E-state index in [4.69, 9.17) is 4.74 Å². The average molecular weight is 241 g/mol. The van der Waals surface area contributed by atoms with Crippen LogP contribution in [0.3, 0.4) is 0 Å². The van der Waals surface area contributed by atoms with Crippen molar-refractivity contribution in [2.24, 2.45) is 0 Å². The molecule has 0 saturated heterocycles. The minimum atomic E-state index is -3.21. The molecular weight excluding hydrogens is 226 g/mol. The fourth-order valence-corrected chi connectivity index (χ4v) is 2.55. The highest BCUT2D eigenvalue weighted by atomic mass is 32.2.